The minimum atomic E-state index is -1.48. The number of benzene rings is 2. The number of hydrogen-bond acceptors (Lipinski definition) is 3. The van der Waals surface area contributed by atoms with Gasteiger partial charge in [0, 0.05) is 0 Å². The molecule has 0 fully saturated rings. The fourth-order valence-corrected chi connectivity index (χ4v) is 2.29. The molecule has 3 nitrogen and oxygen atoms in total. The molecule has 2 aromatic carbocycles. The fraction of sp³-hybridized carbons (Fsp3) is 0.294. The maximum Gasteiger partial charge on any atom is 0.488 e. The molecule has 0 aliphatic heterocycles. The molecule has 0 spiro atoms. The molecular weight excluding hydrogens is 263 g/mol. The summed E-state index contributed by atoms with van der Waals surface area (Å²) in [5, 5.41) is 18.8. The third kappa shape index (κ3) is 3.87. The van der Waals surface area contributed by atoms with Crippen molar-refractivity contribution in [3.8, 4) is 5.75 Å². The monoisotopic (exact) mass is 284 g/mol. The number of para-hydroxylation sites is 1. The molecule has 2 rings (SSSR count). The van der Waals surface area contributed by atoms with Crippen LogP contribution in [0.25, 0.3) is 0 Å². The van der Waals surface area contributed by atoms with Gasteiger partial charge in [0.1, 0.15) is 12.4 Å². The Hall–Kier alpha value is -1.78. The Balaban J connectivity index is 2.22. The topological polar surface area (TPSA) is 49.7 Å². The first-order chi connectivity index (χ1) is 9.89. The quantitative estimate of drug-likeness (QED) is 0.847. The highest BCUT2D eigenvalue weighted by molar-refractivity contribution is 6.59. The Morgan fingerprint density at radius 1 is 0.952 bits per heavy atom. The molecule has 0 unspecified atom stereocenters. The van der Waals surface area contributed by atoms with Crippen molar-refractivity contribution in [3.63, 3.8) is 0 Å². The van der Waals surface area contributed by atoms with E-state index in [1.54, 1.807) is 12.1 Å². The molecule has 21 heavy (non-hydrogen) atoms. The first kappa shape index (κ1) is 15.6. The number of hydrogen-bond donors (Lipinski definition) is 2. The lowest BCUT2D eigenvalue weighted by Gasteiger charge is -2.23. The van der Waals surface area contributed by atoms with Crippen molar-refractivity contribution in [2.24, 2.45) is 0 Å². The molecule has 0 aliphatic carbocycles. The third-order valence-corrected chi connectivity index (χ3v) is 3.41. The van der Waals surface area contributed by atoms with Gasteiger partial charge in [0.05, 0.1) is 0 Å². The molecule has 2 N–H and O–H groups in total. The van der Waals surface area contributed by atoms with Gasteiger partial charge in [-0.3, -0.25) is 0 Å². The lowest BCUT2D eigenvalue weighted by atomic mass is 9.77. The average Bonchev–Trinajstić information content (AvgIpc) is 2.44. The van der Waals surface area contributed by atoms with Crippen molar-refractivity contribution in [3.05, 3.63) is 59.7 Å². The summed E-state index contributed by atoms with van der Waals surface area (Å²) < 4.78 is 5.92. The Kier molecular flexibility index (Phi) is 4.71. The lowest BCUT2D eigenvalue weighted by molar-refractivity contribution is 0.297. The van der Waals surface area contributed by atoms with Crippen molar-refractivity contribution in [2.45, 2.75) is 32.8 Å². The van der Waals surface area contributed by atoms with E-state index in [0.717, 1.165) is 16.9 Å². The van der Waals surface area contributed by atoms with Crippen LogP contribution in [0.4, 0.5) is 0 Å². The molecule has 4 heteroatoms. The molecule has 2 aromatic rings. The van der Waals surface area contributed by atoms with Crippen molar-refractivity contribution in [1.29, 1.82) is 0 Å². The van der Waals surface area contributed by atoms with Gasteiger partial charge in [-0.15, -0.1) is 0 Å². The minimum absolute atomic E-state index is 0.00734. The van der Waals surface area contributed by atoms with Crippen molar-refractivity contribution >= 4 is 12.6 Å². The van der Waals surface area contributed by atoms with Crippen molar-refractivity contribution in [1.82, 2.24) is 0 Å². The highest BCUT2D eigenvalue weighted by Crippen LogP contribution is 2.31. The zero-order valence-electron chi connectivity index (χ0n) is 12.7. The second kappa shape index (κ2) is 6.33. The average molecular weight is 284 g/mol. The second-order valence-corrected chi connectivity index (χ2v) is 6.11. The molecular formula is C17H21BO3. The van der Waals surface area contributed by atoms with E-state index in [1.165, 1.54) is 0 Å². The Morgan fingerprint density at radius 3 is 2.24 bits per heavy atom. The number of rotatable bonds is 4. The van der Waals surface area contributed by atoms with E-state index in [1.807, 2.05) is 30.3 Å². The van der Waals surface area contributed by atoms with Gasteiger partial charge in [-0.25, -0.2) is 0 Å². The summed E-state index contributed by atoms with van der Waals surface area (Å²) in [7, 11) is -1.48. The van der Waals surface area contributed by atoms with Gasteiger partial charge >= 0.3 is 7.12 Å². The SMILES string of the molecule is CC(C)(C)c1ccccc1OCc1ccccc1B(O)O. The standard InChI is InChI=1S/C17H21BO3/c1-17(2,3)14-9-5-7-11-16(14)21-12-13-8-4-6-10-15(13)18(19)20/h4-11,19-20H,12H2,1-3H3. The molecule has 0 saturated heterocycles. The van der Waals surface area contributed by atoms with Gasteiger partial charge in [-0.05, 0) is 28.1 Å². The van der Waals surface area contributed by atoms with Gasteiger partial charge in [-0.1, -0.05) is 63.2 Å². The molecule has 0 aliphatic rings. The van der Waals surface area contributed by atoms with Crippen LogP contribution in [0, 0.1) is 0 Å². The van der Waals surface area contributed by atoms with Gasteiger partial charge in [-0.2, -0.15) is 0 Å². The molecule has 0 bridgehead atoms. The first-order valence-corrected chi connectivity index (χ1v) is 7.06. The van der Waals surface area contributed by atoms with Gasteiger partial charge in [0.25, 0.3) is 0 Å². The van der Waals surface area contributed by atoms with Crippen LogP contribution in [0.3, 0.4) is 0 Å². The van der Waals surface area contributed by atoms with Crippen molar-refractivity contribution in [2.75, 3.05) is 0 Å². The normalized spacial score (nSPS) is 11.3. The largest absolute Gasteiger partial charge is 0.489 e. The highest BCUT2D eigenvalue weighted by Gasteiger charge is 2.19. The van der Waals surface area contributed by atoms with Gasteiger partial charge in [0.15, 0.2) is 0 Å². The van der Waals surface area contributed by atoms with Crippen LogP contribution in [-0.2, 0) is 12.0 Å². The summed E-state index contributed by atoms with van der Waals surface area (Å²) in [6.45, 7) is 6.72. The Labute approximate surface area is 126 Å². The smallest absolute Gasteiger partial charge is 0.488 e. The molecule has 0 radical (unpaired) electrons. The van der Waals surface area contributed by atoms with Crippen LogP contribution in [0.1, 0.15) is 31.9 Å². The second-order valence-electron chi connectivity index (χ2n) is 6.11. The maximum absolute atomic E-state index is 9.39. The zero-order chi connectivity index (χ0) is 15.5. The molecule has 0 atom stereocenters. The van der Waals surface area contributed by atoms with Gasteiger partial charge < -0.3 is 14.8 Å². The minimum Gasteiger partial charge on any atom is -0.489 e. The number of ether oxygens (including phenoxy) is 1. The van der Waals surface area contributed by atoms with Crippen LogP contribution in [0.5, 0.6) is 5.75 Å². The van der Waals surface area contributed by atoms with Crippen LogP contribution in [0.15, 0.2) is 48.5 Å². The van der Waals surface area contributed by atoms with Crippen LogP contribution in [-0.4, -0.2) is 17.2 Å². The van der Waals surface area contributed by atoms with Gasteiger partial charge in [0.2, 0.25) is 0 Å². The summed E-state index contributed by atoms with van der Waals surface area (Å²) in [5.74, 6) is 0.826. The summed E-state index contributed by atoms with van der Waals surface area (Å²) >= 11 is 0. The van der Waals surface area contributed by atoms with E-state index in [4.69, 9.17) is 4.74 Å². The van der Waals surface area contributed by atoms with E-state index in [0.29, 0.717) is 12.1 Å². The third-order valence-electron chi connectivity index (χ3n) is 3.41. The molecule has 0 amide bonds. The van der Waals surface area contributed by atoms with E-state index in [2.05, 4.69) is 26.8 Å². The summed E-state index contributed by atoms with van der Waals surface area (Å²) in [6.07, 6.45) is 0. The first-order valence-electron chi connectivity index (χ1n) is 7.06. The summed E-state index contributed by atoms with van der Waals surface area (Å²) in [6, 6.07) is 15.1. The molecule has 0 saturated carbocycles. The molecule has 0 heterocycles. The summed E-state index contributed by atoms with van der Waals surface area (Å²) in [5.41, 5.74) is 2.38. The van der Waals surface area contributed by atoms with Crippen molar-refractivity contribution < 1.29 is 14.8 Å². The van der Waals surface area contributed by atoms with E-state index < -0.39 is 7.12 Å². The lowest BCUT2D eigenvalue weighted by Crippen LogP contribution is -2.33. The summed E-state index contributed by atoms with van der Waals surface area (Å²) in [4.78, 5) is 0. The predicted molar refractivity (Wildman–Crippen MR) is 85.7 cm³/mol. The maximum atomic E-state index is 9.39. The van der Waals surface area contributed by atoms with E-state index in [9.17, 15) is 10.0 Å². The van der Waals surface area contributed by atoms with E-state index >= 15 is 0 Å². The van der Waals surface area contributed by atoms with Crippen LogP contribution >= 0.6 is 0 Å². The Bertz CT molecular complexity index is 603. The fourth-order valence-electron chi connectivity index (χ4n) is 2.29. The predicted octanol–water partition coefficient (Wildman–Crippen LogP) is 2.24. The zero-order valence-corrected chi connectivity index (χ0v) is 12.7. The van der Waals surface area contributed by atoms with E-state index in [-0.39, 0.29) is 5.41 Å². The van der Waals surface area contributed by atoms with Crippen LogP contribution in [0.2, 0.25) is 0 Å². The van der Waals surface area contributed by atoms with Crippen LogP contribution < -0.4 is 10.2 Å². The molecule has 110 valence electrons. The molecule has 0 aromatic heterocycles. The Morgan fingerprint density at radius 2 is 1.57 bits per heavy atom. The highest BCUT2D eigenvalue weighted by atomic mass is 16.5.